The highest BCUT2D eigenvalue weighted by atomic mass is 35.5. The third kappa shape index (κ3) is 3.56. The first-order chi connectivity index (χ1) is 12.6. The van der Waals surface area contributed by atoms with E-state index in [0.717, 1.165) is 32.0 Å². The van der Waals surface area contributed by atoms with Crippen LogP contribution in [-0.2, 0) is 0 Å². The number of halogens is 3. The molecule has 128 valence electrons. The van der Waals surface area contributed by atoms with Crippen LogP contribution in [0.1, 0.15) is 0 Å². The van der Waals surface area contributed by atoms with Crippen molar-refractivity contribution < 1.29 is 0 Å². The van der Waals surface area contributed by atoms with Gasteiger partial charge in [-0.15, -0.1) is 0 Å². The van der Waals surface area contributed by atoms with Crippen molar-refractivity contribution in [2.24, 2.45) is 0 Å². The van der Waals surface area contributed by atoms with Crippen LogP contribution < -0.4 is 0 Å². The van der Waals surface area contributed by atoms with Gasteiger partial charge >= 0.3 is 0 Å². The normalized spacial score (nSPS) is 11.0. The summed E-state index contributed by atoms with van der Waals surface area (Å²) >= 11 is 20.3. The van der Waals surface area contributed by atoms with Gasteiger partial charge < -0.3 is 0 Å². The Morgan fingerprint density at radius 2 is 1.42 bits per heavy atom. The molecule has 1 nitrogen and oxygen atoms in total. The Morgan fingerprint density at radius 1 is 0.731 bits per heavy atom. The van der Waals surface area contributed by atoms with Crippen molar-refractivity contribution in [3.8, 4) is 11.1 Å². The number of rotatable bonds is 3. The molecular formula is C21H12Cl3NS. The Hall–Kier alpha value is -1.71. The van der Waals surface area contributed by atoms with Gasteiger partial charge in [-0.3, -0.25) is 0 Å². The third-order valence-corrected chi connectivity index (χ3v) is 6.22. The van der Waals surface area contributed by atoms with Gasteiger partial charge in [-0.25, -0.2) is 4.98 Å². The molecule has 0 atom stereocenters. The SMILES string of the molecule is Clc1ccc(-c2cc3ccccc3nc2Sc2c(Cl)cccc2Cl)cc1. The number of pyridine rings is 1. The monoisotopic (exact) mass is 415 g/mol. The number of hydrogen-bond donors (Lipinski definition) is 0. The largest absolute Gasteiger partial charge is 0.240 e. The maximum absolute atomic E-state index is 6.37. The van der Waals surface area contributed by atoms with E-state index in [4.69, 9.17) is 39.8 Å². The number of benzene rings is 3. The van der Waals surface area contributed by atoms with Crippen LogP contribution in [0.5, 0.6) is 0 Å². The molecule has 0 unspecified atom stereocenters. The van der Waals surface area contributed by atoms with Gasteiger partial charge in [0.15, 0.2) is 0 Å². The predicted octanol–water partition coefficient (Wildman–Crippen LogP) is 8.01. The maximum Gasteiger partial charge on any atom is 0.109 e. The molecule has 1 aromatic heterocycles. The minimum atomic E-state index is 0.611. The van der Waals surface area contributed by atoms with E-state index < -0.39 is 0 Å². The van der Waals surface area contributed by atoms with Gasteiger partial charge in [0.05, 0.1) is 20.5 Å². The van der Waals surface area contributed by atoms with Crippen LogP contribution in [-0.4, -0.2) is 4.98 Å². The molecule has 0 spiro atoms. The van der Waals surface area contributed by atoms with E-state index >= 15 is 0 Å². The van der Waals surface area contributed by atoms with E-state index in [2.05, 4.69) is 12.1 Å². The highest BCUT2D eigenvalue weighted by molar-refractivity contribution is 7.99. The summed E-state index contributed by atoms with van der Waals surface area (Å²) in [6, 6.07) is 23.4. The minimum absolute atomic E-state index is 0.611. The molecule has 0 aliphatic heterocycles. The van der Waals surface area contributed by atoms with Crippen LogP contribution in [0.4, 0.5) is 0 Å². The quantitative estimate of drug-likeness (QED) is 0.335. The molecule has 4 rings (SSSR count). The fraction of sp³-hybridized carbons (Fsp3) is 0. The lowest BCUT2D eigenvalue weighted by Gasteiger charge is -2.12. The Bertz CT molecular complexity index is 1070. The third-order valence-electron chi connectivity index (χ3n) is 3.96. The second-order valence-electron chi connectivity index (χ2n) is 5.69. The number of nitrogens with zero attached hydrogens (tertiary/aromatic N) is 1. The average Bonchev–Trinajstić information content (AvgIpc) is 2.65. The molecule has 0 radical (unpaired) electrons. The van der Waals surface area contributed by atoms with Crippen LogP contribution in [0.15, 0.2) is 82.7 Å². The fourth-order valence-corrected chi connectivity index (χ4v) is 4.40. The lowest BCUT2D eigenvalue weighted by atomic mass is 10.1. The summed E-state index contributed by atoms with van der Waals surface area (Å²) in [6.45, 7) is 0. The number of hydrogen-bond acceptors (Lipinski definition) is 2. The molecule has 4 aromatic rings. The number of fused-ring (bicyclic) bond motifs is 1. The molecule has 0 bridgehead atoms. The van der Waals surface area contributed by atoms with E-state index in [9.17, 15) is 0 Å². The first-order valence-corrected chi connectivity index (χ1v) is 9.84. The Labute approximate surface area is 170 Å². The zero-order chi connectivity index (χ0) is 18.1. The molecular weight excluding hydrogens is 405 g/mol. The van der Waals surface area contributed by atoms with Gasteiger partial charge in [0.2, 0.25) is 0 Å². The van der Waals surface area contributed by atoms with Gasteiger partial charge in [0, 0.05) is 16.0 Å². The molecule has 0 saturated carbocycles. The number of para-hydroxylation sites is 1. The topological polar surface area (TPSA) is 12.9 Å². The molecule has 0 aliphatic carbocycles. The van der Waals surface area contributed by atoms with Crippen LogP contribution in [0.3, 0.4) is 0 Å². The average molecular weight is 417 g/mol. The molecule has 0 aliphatic rings. The second-order valence-corrected chi connectivity index (χ2v) is 7.94. The minimum Gasteiger partial charge on any atom is -0.240 e. The molecule has 1 heterocycles. The number of aromatic nitrogens is 1. The molecule has 0 fully saturated rings. The van der Waals surface area contributed by atoms with E-state index in [1.54, 1.807) is 0 Å². The highest BCUT2D eigenvalue weighted by Crippen LogP contribution is 2.42. The lowest BCUT2D eigenvalue weighted by Crippen LogP contribution is -1.90. The van der Waals surface area contributed by atoms with E-state index in [1.807, 2.05) is 60.7 Å². The Kier molecular flexibility index (Phi) is 5.10. The summed E-state index contributed by atoms with van der Waals surface area (Å²) in [7, 11) is 0. The summed E-state index contributed by atoms with van der Waals surface area (Å²) in [5.74, 6) is 0. The van der Waals surface area contributed by atoms with Crippen LogP contribution in [0, 0.1) is 0 Å². The lowest BCUT2D eigenvalue weighted by molar-refractivity contribution is 1.19. The van der Waals surface area contributed by atoms with Gasteiger partial charge in [0.1, 0.15) is 5.03 Å². The van der Waals surface area contributed by atoms with Gasteiger partial charge in [-0.1, -0.05) is 83.0 Å². The second kappa shape index (κ2) is 7.50. The van der Waals surface area contributed by atoms with Gasteiger partial charge in [0.25, 0.3) is 0 Å². The molecule has 0 N–H and O–H groups in total. The Balaban J connectivity index is 1.91. The van der Waals surface area contributed by atoms with E-state index in [-0.39, 0.29) is 0 Å². The van der Waals surface area contributed by atoms with Crippen LogP contribution in [0.25, 0.3) is 22.0 Å². The van der Waals surface area contributed by atoms with Crippen LogP contribution in [0.2, 0.25) is 15.1 Å². The summed E-state index contributed by atoms with van der Waals surface area (Å²) in [5.41, 5.74) is 2.98. The van der Waals surface area contributed by atoms with Crippen molar-refractivity contribution in [2.45, 2.75) is 9.92 Å². The maximum atomic E-state index is 6.37. The standard InChI is InChI=1S/C21H12Cl3NS/c22-15-10-8-13(9-11-15)16-12-14-4-1-2-7-19(14)25-21(16)26-20-17(23)5-3-6-18(20)24/h1-12H. The predicted molar refractivity (Wildman–Crippen MR) is 113 cm³/mol. The van der Waals surface area contributed by atoms with E-state index in [1.165, 1.54) is 11.8 Å². The van der Waals surface area contributed by atoms with Crippen LogP contribution >= 0.6 is 46.6 Å². The summed E-state index contributed by atoms with van der Waals surface area (Å²) in [6.07, 6.45) is 0. The zero-order valence-electron chi connectivity index (χ0n) is 13.4. The molecule has 3 aromatic carbocycles. The van der Waals surface area contributed by atoms with Crippen molar-refractivity contribution in [3.63, 3.8) is 0 Å². The van der Waals surface area contributed by atoms with Gasteiger partial charge in [-0.2, -0.15) is 0 Å². The van der Waals surface area contributed by atoms with Crippen molar-refractivity contribution >= 4 is 57.5 Å². The van der Waals surface area contributed by atoms with Crippen molar-refractivity contribution in [1.29, 1.82) is 0 Å². The van der Waals surface area contributed by atoms with Gasteiger partial charge in [-0.05, 0) is 42.0 Å². The summed E-state index contributed by atoms with van der Waals surface area (Å²) < 4.78 is 0. The van der Waals surface area contributed by atoms with Crippen molar-refractivity contribution in [3.05, 3.63) is 87.9 Å². The molecule has 5 heteroatoms. The van der Waals surface area contributed by atoms with Crippen molar-refractivity contribution in [1.82, 2.24) is 4.98 Å². The smallest absolute Gasteiger partial charge is 0.109 e. The fourth-order valence-electron chi connectivity index (χ4n) is 2.69. The van der Waals surface area contributed by atoms with E-state index in [0.29, 0.717) is 15.1 Å². The van der Waals surface area contributed by atoms with Crippen molar-refractivity contribution in [2.75, 3.05) is 0 Å². The first kappa shape index (κ1) is 17.7. The highest BCUT2D eigenvalue weighted by Gasteiger charge is 2.14. The molecule has 26 heavy (non-hydrogen) atoms. The zero-order valence-corrected chi connectivity index (χ0v) is 16.5. The molecule has 0 saturated heterocycles. The first-order valence-electron chi connectivity index (χ1n) is 7.89. The summed E-state index contributed by atoms with van der Waals surface area (Å²) in [4.78, 5) is 5.66. The summed E-state index contributed by atoms with van der Waals surface area (Å²) in [5, 5.41) is 3.85. The Morgan fingerprint density at radius 3 is 2.15 bits per heavy atom. The molecule has 0 amide bonds.